The van der Waals surface area contributed by atoms with Crippen LogP contribution in [0.15, 0.2) is 29.7 Å². The van der Waals surface area contributed by atoms with Gasteiger partial charge in [0.05, 0.1) is 23.5 Å². The minimum Gasteiger partial charge on any atom is -0.496 e. The van der Waals surface area contributed by atoms with Crippen LogP contribution in [0.25, 0.3) is 11.8 Å². The van der Waals surface area contributed by atoms with Crippen LogP contribution in [0.3, 0.4) is 0 Å². The lowest BCUT2D eigenvalue weighted by Gasteiger charge is -2.07. The van der Waals surface area contributed by atoms with Crippen LogP contribution in [-0.2, 0) is 6.42 Å². The first-order valence-corrected chi connectivity index (χ1v) is 9.95. The van der Waals surface area contributed by atoms with E-state index in [0.29, 0.717) is 5.92 Å². The highest BCUT2D eigenvalue weighted by atomic mass is 32.1. The van der Waals surface area contributed by atoms with E-state index in [1.807, 2.05) is 32.0 Å². The Kier molecular flexibility index (Phi) is 6.01. The number of hydrogen-bond donors (Lipinski definition) is 0. The van der Waals surface area contributed by atoms with Crippen molar-refractivity contribution in [2.45, 2.75) is 46.0 Å². The summed E-state index contributed by atoms with van der Waals surface area (Å²) in [5.74, 6) is 2.24. The van der Waals surface area contributed by atoms with Crippen molar-refractivity contribution in [2.75, 3.05) is 7.11 Å². The van der Waals surface area contributed by atoms with Crippen LogP contribution < -0.4 is 4.74 Å². The first-order chi connectivity index (χ1) is 13.0. The number of aromatic nitrogens is 5. The quantitative estimate of drug-likeness (QED) is 0.595. The summed E-state index contributed by atoms with van der Waals surface area (Å²) in [6, 6.07) is 5.85. The molecule has 0 fully saturated rings. The Balaban J connectivity index is 1.80. The van der Waals surface area contributed by atoms with Gasteiger partial charge in [-0.25, -0.2) is 4.98 Å². The van der Waals surface area contributed by atoms with Crippen LogP contribution in [0, 0.1) is 0 Å². The molecule has 7 heteroatoms. The molecule has 2 aromatic heterocycles. The monoisotopic (exact) mass is 383 g/mol. The SMILES string of the molecule is COc1ccc(-n2nnc(C(C)C)n2)cc1/C=C/Cc1csc(C(C)C)n1. The van der Waals surface area contributed by atoms with E-state index in [1.54, 1.807) is 23.2 Å². The van der Waals surface area contributed by atoms with Crippen LogP contribution in [-0.4, -0.2) is 32.3 Å². The van der Waals surface area contributed by atoms with E-state index in [-0.39, 0.29) is 5.92 Å². The number of allylic oxidation sites excluding steroid dienone is 1. The topological polar surface area (TPSA) is 65.7 Å². The normalized spacial score (nSPS) is 11.8. The summed E-state index contributed by atoms with van der Waals surface area (Å²) < 4.78 is 5.49. The first kappa shape index (κ1) is 19.2. The summed E-state index contributed by atoms with van der Waals surface area (Å²) in [6.45, 7) is 8.43. The Morgan fingerprint density at radius 3 is 2.63 bits per heavy atom. The number of ether oxygens (including phenoxy) is 1. The molecule has 0 saturated heterocycles. The zero-order valence-corrected chi connectivity index (χ0v) is 17.2. The fourth-order valence-corrected chi connectivity index (χ4v) is 3.38. The number of nitrogens with zero attached hydrogens (tertiary/aromatic N) is 5. The molecule has 0 bridgehead atoms. The Morgan fingerprint density at radius 1 is 1.19 bits per heavy atom. The van der Waals surface area contributed by atoms with Gasteiger partial charge in [0, 0.05) is 29.2 Å². The van der Waals surface area contributed by atoms with E-state index in [2.05, 4.69) is 51.8 Å². The van der Waals surface area contributed by atoms with Gasteiger partial charge in [0.1, 0.15) is 5.75 Å². The van der Waals surface area contributed by atoms with Crippen LogP contribution in [0.5, 0.6) is 5.75 Å². The molecule has 0 saturated carbocycles. The Morgan fingerprint density at radius 2 is 2.00 bits per heavy atom. The van der Waals surface area contributed by atoms with Crippen LogP contribution in [0.1, 0.15) is 61.6 Å². The van der Waals surface area contributed by atoms with Gasteiger partial charge in [0.15, 0.2) is 5.82 Å². The van der Waals surface area contributed by atoms with Crippen molar-refractivity contribution in [2.24, 2.45) is 0 Å². The van der Waals surface area contributed by atoms with Gasteiger partial charge in [0.25, 0.3) is 0 Å². The molecule has 2 heterocycles. The van der Waals surface area contributed by atoms with Crippen molar-refractivity contribution < 1.29 is 4.74 Å². The van der Waals surface area contributed by atoms with Gasteiger partial charge in [-0.15, -0.1) is 26.3 Å². The second-order valence-corrected chi connectivity index (χ2v) is 7.85. The highest BCUT2D eigenvalue weighted by Crippen LogP contribution is 2.24. The lowest BCUT2D eigenvalue weighted by molar-refractivity contribution is 0.413. The standard InChI is InChI=1S/C20H25N5OS/c1-13(2)19-22-24-25(23-19)17-9-10-18(26-5)15(11-17)7-6-8-16-12-27-20(21-16)14(3)4/h6-7,9-14H,8H2,1-5H3/b7-6+. The molecule has 0 N–H and O–H groups in total. The molecule has 0 spiro atoms. The second-order valence-electron chi connectivity index (χ2n) is 6.96. The molecular weight excluding hydrogens is 358 g/mol. The molecule has 0 aliphatic heterocycles. The summed E-state index contributed by atoms with van der Waals surface area (Å²) in [6.07, 6.45) is 4.95. The zero-order chi connectivity index (χ0) is 19.4. The average Bonchev–Trinajstić information content (AvgIpc) is 3.31. The van der Waals surface area contributed by atoms with E-state index >= 15 is 0 Å². The van der Waals surface area contributed by atoms with Gasteiger partial charge >= 0.3 is 0 Å². The van der Waals surface area contributed by atoms with Gasteiger partial charge in [0.2, 0.25) is 0 Å². The molecule has 3 aromatic rings. The fraction of sp³-hybridized carbons (Fsp3) is 0.400. The summed E-state index contributed by atoms with van der Waals surface area (Å²) in [7, 11) is 1.67. The summed E-state index contributed by atoms with van der Waals surface area (Å²) in [5.41, 5.74) is 2.91. The molecule has 0 unspecified atom stereocenters. The third kappa shape index (κ3) is 4.60. The van der Waals surface area contributed by atoms with Crippen molar-refractivity contribution in [3.63, 3.8) is 0 Å². The Labute approximate surface area is 163 Å². The zero-order valence-electron chi connectivity index (χ0n) is 16.4. The summed E-state index contributed by atoms with van der Waals surface area (Å²) in [5, 5.41) is 16.0. The molecule has 0 aliphatic carbocycles. The van der Waals surface area contributed by atoms with Crippen molar-refractivity contribution in [3.05, 3.63) is 51.7 Å². The predicted molar refractivity (Wildman–Crippen MR) is 109 cm³/mol. The van der Waals surface area contributed by atoms with Crippen molar-refractivity contribution >= 4 is 17.4 Å². The fourth-order valence-electron chi connectivity index (χ4n) is 2.53. The van der Waals surface area contributed by atoms with Crippen LogP contribution in [0.4, 0.5) is 0 Å². The van der Waals surface area contributed by atoms with Gasteiger partial charge < -0.3 is 4.74 Å². The molecule has 0 atom stereocenters. The van der Waals surface area contributed by atoms with E-state index in [0.717, 1.165) is 34.9 Å². The predicted octanol–water partition coefficient (Wildman–Crippen LogP) is 4.63. The maximum Gasteiger partial charge on any atom is 0.177 e. The first-order valence-electron chi connectivity index (χ1n) is 9.07. The molecule has 0 radical (unpaired) electrons. The van der Waals surface area contributed by atoms with Crippen molar-refractivity contribution in [3.8, 4) is 11.4 Å². The number of benzene rings is 1. The smallest absolute Gasteiger partial charge is 0.177 e. The maximum atomic E-state index is 5.49. The number of hydrogen-bond acceptors (Lipinski definition) is 6. The Hall–Kier alpha value is -2.54. The lowest BCUT2D eigenvalue weighted by Crippen LogP contribution is -2.01. The minimum atomic E-state index is 0.241. The third-order valence-corrected chi connectivity index (χ3v) is 5.27. The van der Waals surface area contributed by atoms with Crippen molar-refractivity contribution in [1.82, 2.24) is 25.2 Å². The highest BCUT2D eigenvalue weighted by molar-refractivity contribution is 7.09. The molecule has 27 heavy (non-hydrogen) atoms. The van der Waals surface area contributed by atoms with Gasteiger partial charge in [-0.3, -0.25) is 0 Å². The second kappa shape index (κ2) is 8.43. The molecule has 3 rings (SSSR count). The molecule has 0 aliphatic rings. The van der Waals surface area contributed by atoms with Crippen LogP contribution in [0.2, 0.25) is 0 Å². The van der Waals surface area contributed by atoms with E-state index in [9.17, 15) is 0 Å². The average molecular weight is 384 g/mol. The number of methoxy groups -OCH3 is 1. The molecule has 6 nitrogen and oxygen atoms in total. The van der Waals surface area contributed by atoms with Crippen LogP contribution >= 0.6 is 11.3 Å². The van der Waals surface area contributed by atoms with Gasteiger partial charge in [-0.2, -0.15) is 0 Å². The minimum absolute atomic E-state index is 0.241. The largest absolute Gasteiger partial charge is 0.496 e. The van der Waals surface area contributed by atoms with Crippen molar-refractivity contribution in [1.29, 1.82) is 0 Å². The number of thiazole rings is 1. The Bertz CT molecular complexity index is 926. The molecular formula is C20H25N5OS. The maximum absolute atomic E-state index is 5.49. The van der Waals surface area contributed by atoms with Gasteiger partial charge in [-0.1, -0.05) is 39.8 Å². The molecule has 0 amide bonds. The highest BCUT2D eigenvalue weighted by Gasteiger charge is 2.10. The molecule has 1 aromatic carbocycles. The lowest BCUT2D eigenvalue weighted by atomic mass is 10.1. The van der Waals surface area contributed by atoms with E-state index in [4.69, 9.17) is 4.74 Å². The third-order valence-electron chi connectivity index (χ3n) is 4.08. The molecule has 142 valence electrons. The van der Waals surface area contributed by atoms with E-state index in [1.165, 1.54) is 5.01 Å². The summed E-state index contributed by atoms with van der Waals surface area (Å²) in [4.78, 5) is 6.23. The van der Waals surface area contributed by atoms with E-state index < -0.39 is 0 Å². The van der Waals surface area contributed by atoms with Gasteiger partial charge in [-0.05, 0) is 23.4 Å². The number of tetrazole rings is 1. The summed E-state index contributed by atoms with van der Waals surface area (Å²) >= 11 is 1.72. The number of rotatable bonds is 7.